The summed E-state index contributed by atoms with van der Waals surface area (Å²) in [5, 5.41) is 15.4. The molecule has 0 aliphatic heterocycles. The first-order valence-electron chi connectivity index (χ1n) is 6.31. The van der Waals surface area contributed by atoms with Gasteiger partial charge in [-0.1, -0.05) is 24.6 Å². The van der Waals surface area contributed by atoms with Gasteiger partial charge in [-0.05, 0) is 40.0 Å². The molecule has 1 aromatic heterocycles. The van der Waals surface area contributed by atoms with Crippen molar-refractivity contribution in [3.8, 4) is 5.75 Å². The van der Waals surface area contributed by atoms with Gasteiger partial charge >= 0.3 is 0 Å². The lowest BCUT2D eigenvalue weighted by molar-refractivity contribution is 0.202. The van der Waals surface area contributed by atoms with Crippen LogP contribution in [0.4, 0.5) is 0 Å². The monoisotopic (exact) mass is 358 g/mol. The molecule has 1 unspecified atom stereocenters. The van der Waals surface area contributed by atoms with Crippen molar-refractivity contribution in [3.05, 3.63) is 45.1 Å². The fourth-order valence-corrected chi connectivity index (χ4v) is 2.48. The number of hydrogen-bond donors (Lipinski definition) is 1. The van der Waals surface area contributed by atoms with Gasteiger partial charge in [-0.15, -0.1) is 0 Å². The average molecular weight is 360 g/mol. The molecule has 6 heteroatoms. The van der Waals surface area contributed by atoms with Gasteiger partial charge in [0, 0.05) is 11.0 Å². The largest absolute Gasteiger partial charge is 0.493 e. The molecule has 2 rings (SSSR count). The molecule has 0 aliphatic rings. The van der Waals surface area contributed by atoms with Gasteiger partial charge in [0.15, 0.2) is 5.75 Å². The average Bonchev–Trinajstić information content (AvgIpc) is 2.84. The molecule has 1 atom stereocenters. The third kappa shape index (κ3) is 3.00. The predicted molar refractivity (Wildman–Crippen MR) is 82.3 cm³/mol. The van der Waals surface area contributed by atoms with E-state index < -0.39 is 6.10 Å². The predicted octanol–water partition coefficient (Wildman–Crippen LogP) is 3.80. The summed E-state index contributed by atoms with van der Waals surface area (Å²) in [5.74, 6) is 0.574. The normalized spacial score (nSPS) is 12.4. The van der Waals surface area contributed by atoms with Crippen molar-refractivity contribution in [2.24, 2.45) is 0 Å². The van der Waals surface area contributed by atoms with E-state index in [4.69, 9.17) is 16.3 Å². The number of hydrogen-bond acceptors (Lipinski definition) is 3. The minimum Gasteiger partial charge on any atom is -0.493 e. The molecule has 0 saturated carbocycles. The van der Waals surface area contributed by atoms with Crippen LogP contribution in [0.15, 0.2) is 28.9 Å². The lowest BCUT2D eigenvalue weighted by Gasteiger charge is -2.15. The highest BCUT2D eigenvalue weighted by molar-refractivity contribution is 9.10. The van der Waals surface area contributed by atoms with Crippen LogP contribution in [0.2, 0.25) is 5.02 Å². The molecule has 108 valence electrons. The third-order valence-corrected chi connectivity index (χ3v) is 4.25. The molecule has 20 heavy (non-hydrogen) atoms. The highest BCUT2D eigenvalue weighted by Crippen LogP contribution is 2.33. The topological polar surface area (TPSA) is 47.3 Å². The van der Waals surface area contributed by atoms with Gasteiger partial charge in [-0.3, -0.25) is 4.68 Å². The molecular formula is C14H16BrClN2O2. The van der Waals surface area contributed by atoms with Gasteiger partial charge < -0.3 is 9.84 Å². The fraction of sp³-hybridized carbons (Fsp3) is 0.357. The highest BCUT2D eigenvalue weighted by Gasteiger charge is 2.21. The molecule has 1 heterocycles. The quantitative estimate of drug-likeness (QED) is 0.883. The molecule has 0 amide bonds. The Bertz CT molecular complexity index is 601. The van der Waals surface area contributed by atoms with Crippen molar-refractivity contribution in [1.29, 1.82) is 0 Å². The van der Waals surface area contributed by atoms with Crippen LogP contribution in [0.25, 0.3) is 0 Å². The number of rotatable bonds is 5. The van der Waals surface area contributed by atoms with E-state index in [0.29, 0.717) is 22.0 Å². The number of aliphatic hydroxyl groups excluding tert-OH is 1. The minimum absolute atomic E-state index is 0.557. The first kappa shape index (κ1) is 15.4. The number of aliphatic hydroxyl groups is 1. The summed E-state index contributed by atoms with van der Waals surface area (Å²) >= 11 is 9.42. The number of aryl methyl sites for hydroxylation is 1. The van der Waals surface area contributed by atoms with E-state index in [1.165, 1.54) is 0 Å². The fourth-order valence-electron chi connectivity index (χ4n) is 2.04. The van der Waals surface area contributed by atoms with Gasteiger partial charge in [0.1, 0.15) is 11.8 Å². The zero-order valence-electron chi connectivity index (χ0n) is 11.3. The Morgan fingerprint density at radius 1 is 1.50 bits per heavy atom. The van der Waals surface area contributed by atoms with E-state index in [1.54, 1.807) is 24.1 Å². The smallest absolute Gasteiger partial charge is 0.163 e. The number of halogens is 2. The first-order valence-corrected chi connectivity index (χ1v) is 7.48. The molecule has 0 radical (unpaired) electrons. The number of aromatic nitrogens is 2. The Labute approximate surface area is 131 Å². The molecule has 2 aromatic rings. The SMILES string of the molecule is CCCn1ncc(OC)c1C(O)c1ccc(Br)c(Cl)c1. The summed E-state index contributed by atoms with van der Waals surface area (Å²) in [6, 6.07) is 5.37. The summed E-state index contributed by atoms with van der Waals surface area (Å²) in [7, 11) is 1.57. The summed E-state index contributed by atoms with van der Waals surface area (Å²) in [6.45, 7) is 2.78. The number of benzene rings is 1. The van der Waals surface area contributed by atoms with E-state index in [2.05, 4.69) is 28.0 Å². The van der Waals surface area contributed by atoms with E-state index >= 15 is 0 Å². The van der Waals surface area contributed by atoms with Crippen molar-refractivity contribution >= 4 is 27.5 Å². The van der Waals surface area contributed by atoms with Gasteiger partial charge in [0.05, 0.1) is 18.3 Å². The Morgan fingerprint density at radius 3 is 2.85 bits per heavy atom. The van der Waals surface area contributed by atoms with Crippen molar-refractivity contribution in [2.75, 3.05) is 7.11 Å². The van der Waals surface area contributed by atoms with Crippen LogP contribution in [0.1, 0.15) is 30.7 Å². The van der Waals surface area contributed by atoms with Gasteiger partial charge in [0.2, 0.25) is 0 Å². The third-order valence-electron chi connectivity index (χ3n) is 3.02. The second-order valence-corrected chi connectivity index (χ2v) is 5.66. The van der Waals surface area contributed by atoms with E-state index in [0.717, 1.165) is 17.4 Å². The van der Waals surface area contributed by atoms with E-state index in [1.807, 2.05) is 12.1 Å². The highest BCUT2D eigenvalue weighted by atomic mass is 79.9. The molecular weight excluding hydrogens is 344 g/mol. The molecule has 0 fully saturated rings. The second kappa shape index (κ2) is 6.61. The van der Waals surface area contributed by atoms with Crippen LogP contribution in [0.5, 0.6) is 5.75 Å². The zero-order valence-corrected chi connectivity index (χ0v) is 13.6. The van der Waals surface area contributed by atoms with Gasteiger partial charge in [0.25, 0.3) is 0 Å². The maximum atomic E-state index is 10.6. The molecule has 0 saturated heterocycles. The van der Waals surface area contributed by atoms with Crippen molar-refractivity contribution in [3.63, 3.8) is 0 Å². The second-order valence-electron chi connectivity index (χ2n) is 4.40. The van der Waals surface area contributed by atoms with Crippen LogP contribution in [-0.2, 0) is 6.54 Å². The first-order chi connectivity index (χ1) is 9.58. The molecule has 1 N–H and O–H groups in total. The van der Waals surface area contributed by atoms with Crippen LogP contribution in [0.3, 0.4) is 0 Å². The Hall–Kier alpha value is -1.04. The number of nitrogens with zero attached hydrogens (tertiary/aromatic N) is 2. The Kier molecular flexibility index (Phi) is 5.07. The summed E-state index contributed by atoms with van der Waals surface area (Å²) in [5.41, 5.74) is 1.35. The lowest BCUT2D eigenvalue weighted by atomic mass is 10.1. The van der Waals surface area contributed by atoms with Crippen molar-refractivity contribution in [1.82, 2.24) is 9.78 Å². The maximum Gasteiger partial charge on any atom is 0.163 e. The summed E-state index contributed by atoms with van der Waals surface area (Å²) in [4.78, 5) is 0. The Balaban J connectivity index is 2.43. The number of methoxy groups -OCH3 is 1. The molecule has 0 bridgehead atoms. The van der Waals surface area contributed by atoms with E-state index in [-0.39, 0.29) is 0 Å². The van der Waals surface area contributed by atoms with Gasteiger partial charge in [-0.2, -0.15) is 5.10 Å². The lowest BCUT2D eigenvalue weighted by Crippen LogP contribution is -2.11. The molecule has 0 aliphatic carbocycles. The number of ether oxygens (including phenoxy) is 1. The summed E-state index contributed by atoms with van der Waals surface area (Å²) in [6.07, 6.45) is 1.71. The van der Waals surface area contributed by atoms with Crippen LogP contribution < -0.4 is 4.74 Å². The van der Waals surface area contributed by atoms with Crippen molar-refractivity contribution < 1.29 is 9.84 Å². The van der Waals surface area contributed by atoms with Gasteiger partial charge in [-0.25, -0.2) is 0 Å². The maximum absolute atomic E-state index is 10.6. The Morgan fingerprint density at radius 2 is 2.25 bits per heavy atom. The van der Waals surface area contributed by atoms with Crippen molar-refractivity contribution in [2.45, 2.75) is 26.0 Å². The molecule has 4 nitrogen and oxygen atoms in total. The summed E-state index contributed by atoms with van der Waals surface area (Å²) < 4.78 is 7.84. The van der Waals surface area contributed by atoms with Crippen LogP contribution in [-0.4, -0.2) is 22.0 Å². The van der Waals surface area contributed by atoms with Crippen LogP contribution in [0, 0.1) is 0 Å². The molecule has 1 aromatic carbocycles. The standard InChI is InChI=1S/C14H16BrClN2O2/c1-3-6-18-13(12(20-2)8-17-18)14(19)9-4-5-10(15)11(16)7-9/h4-5,7-8,14,19H,3,6H2,1-2H3. The zero-order chi connectivity index (χ0) is 14.7. The molecule has 0 spiro atoms. The van der Waals surface area contributed by atoms with Crippen LogP contribution >= 0.6 is 27.5 Å². The minimum atomic E-state index is -0.829. The van der Waals surface area contributed by atoms with E-state index in [9.17, 15) is 5.11 Å².